The quantitative estimate of drug-likeness (QED) is 0.832. The van der Waals surface area contributed by atoms with E-state index in [2.05, 4.69) is 11.8 Å². The van der Waals surface area contributed by atoms with Crippen molar-refractivity contribution in [3.63, 3.8) is 0 Å². The molecule has 3 heteroatoms. The molecule has 2 N–H and O–H groups in total. The second-order valence-corrected chi connectivity index (χ2v) is 4.26. The first-order chi connectivity index (χ1) is 6.52. The van der Waals surface area contributed by atoms with Gasteiger partial charge in [-0.1, -0.05) is 29.8 Å². The van der Waals surface area contributed by atoms with Gasteiger partial charge in [0.15, 0.2) is 0 Å². The third kappa shape index (κ3) is 1.92. The zero-order valence-corrected chi connectivity index (χ0v) is 9.67. The first-order valence-corrected chi connectivity index (χ1v) is 5.02. The molecule has 0 heterocycles. The van der Waals surface area contributed by atoms with E-state index in [0.717, 1.165) is 10.6 Å². The van der Waals surface area contributed by atoms with E-state index in [4.69, 9.17) is 17.3 Å². The molecule has 14 heavy (non-hydrogen) atoms. The minimum atomic E-state index is -0.196. The van der Waals surface area contributed by atoms with Crippen molar-refractivity contribution in [3.8, 4) is 0 Å². The van der Waals surface area contributed by atoms with Crippen molar-refractivity contribution < 1.29 is 0 Å². The molecule has 0 saturated carbocycles. The van der Waals surface area contributed by atoms with Crippen LogP contribution in [0.15, 0.2) is 24.3 Å². The van der Waals surface area contributed by atoms with E-state index in [0.29, 0.717) is 6.54 Å². The van der Waals surface area contributed by atoms with Gasteiger partial charge in [-0.2, -0.15) is 0 Å². The Hall–Kier alpha value is -0.570. The highest BCUT2D eigenvalue weighted by Crippen LogP contribution is 2.30. The summed E-state index contributed by atoms with van der Waals surface area (Å²) in [6.07, 6.45) is 0. The van der Waals surface area contributed by atoms with Crippen LogP contribution in [-0.2, 0) is 5.54 Å². The van der Waals surface area contributed by atoms with Gasteiger partial charge in [0.25, 0.3) is 0 Å². The average Bonchev–Trinajstić information content (AvgIpc) is 2.17. The van der Waals surface area contributed by atoms with Gasteiger partial charge in [0.05, 0.1) is 5.54 Å². The predicted octanol–water partition coefficient (Wildman–Crippen LogP) is 2.08. The van der Waals surface area contributed by atoms with E-state index in [1.165, 1.54) is 0 Å². The van der Waals surface area contributed by atoms with Crippen molar-refractivity contribution in [1.29, 1.82) is 0 Å². The van der Waals surface area contributed by atoms with Gasteiger partial charge in [-0.25, -0.2) is 0 Å². The average molecular weight is 213 g/mol. The van der Waals surface area contributed by atoms with Gasteiger partial charge in [-0.3, -0.25) is 4.90 Å². The number of benzene rings is 1. The molecule has 1 aromatic carbocycles. The molecule has 0 aliphatic rings. The number of halogens is 1. The van der Waals surface area contributed by atoms with Crippen LogP contribution in [0, 0.1) is 0 Å². The zero-order valence-electron chi connectivity index (χ0n) is 8.92. The van der Waals surface area contributed by atoms with Crippen molar-refractivity contribution in [1.82, 2.24) is 4.90 Å². The summed E-state index contributed by atoms with van der Waals surface area (Å²) in [6, 6.07) is 7.83. The number of hydrogen-bond acceptors (Lipinski definition) is 2. The minimum absolute atomic E-state index is 0.196. The summed E-state index contributed by atoms with van der Waals surface area (Å²) >= 11 is 6.15. The van der Waals surface area contributed by atoms with E-state index >= 15 is 0 Å². The number of nitrogens with zero attached hydrogens (tertiary/aromatic N) is 1. The Labute approximate surface area is 90.7 Å². The molecular formula is C11H17ClN2. The van der Waals surface area contributed by atoms with Crippen LogP contribution in [0.3, 0.4) is 0 Å². The smallest absolute Gasteiger partial charge is 0.0564 e. The van der Waals surface area contributed by atoms with E-state index in [-0.39, 0.29) is 5.54 Å². The first-order valence-electron chi connectivity index (χ1n) is 4.65. The van der Waals surface area contributed by atoms with E-state index in [9.17, 15) is 0 Å². The van der Waals surface area contributed by atoms with Crippen LogP contribution < -0.4 is 5.73 Å². The molecule has 0 aromatic heterocycles. The van der Waals surface area contributed by atoms with Crippen LogP contribution in [0.2, 0.25) is 5.02 Å². The maximum Gasteiger partial charge on any atom is 0.0564 e. The Bertz CT molecular complexity index is 312. The molecule has 0 bridgehead atoms. The monoisotopic (exact) mass is 212 g/mol. The summed E-state index contributed by atoms with van der Waals surface area (Å²) in [5, 5.41) is 0.772. The largest absolute Gasteiger partial charge is 0.328 e. The van der Waals surface area contributed by atoms with Crippen LogP contribution in [0.4, 0.5) is 0 Å². The number of nitrogens with two attached hydrogens (primary N) is 1. The van der Waals surface area contributed by atoms with E-state index in [1.54, 1.807) is 0 Å². The van der Waals surface area contributed by atoms with Crippen LogP contribution in [0.1, 0.15) is 12.5 Å². The number of hydrogen-bond donors (Lipinski definition) is 1. The summed E-state index contributed by atoms with van der Waals surface area (Å²) in [6.45, 7) is 2.64. The Morgan fingerprint density at radius 1 is 1.36 bits per heavy atom. The molecule has 0 aliphatic carbocycles. The molecule has 0 saturated heterocycles. The number of rotatable bonds is 3. The Morgan fingerprint density at radius 2 is 1.93 bits per heavy atom. The Kier molecular flexibility index (Phi) is 3.53. The summed E-state index contributed by atoms with van der Waals surface area (Å²) in [7, 11) is 4.02. The first kappa shape index (κ1) is 11.5. The second-order valence-electron chi connectivity index (χ2n) is 3.85. The summed E-state index contributed by atoms with van der Waals surface area (Å²) in [5.74, 6) is 0. The lowest BCUT2D eigenvalue weighted by Crippen LogP contribution is -2.45. The normalized spacial score (nSPS) is 15.6. The van der Waals surface area contributed by atoms with Gasteiger partial charge in [0.2, 0.25) is 0 Å². The van der Waals surface area contributed by atoms with Crippen molar-refractivity contribution >= 4 is 11.6 Å². The maximum absolute atomic E-state index is 6.15. The van der Waals surface area contributed by atoms with Gasteiger partial charge in [-0.15, -0.1) is 0 Å². The van der Waals surface area contributed by atoms with Gasteiger partial charge < -0.3 is 5.73 Å². The summed E-state index contributed by atoms with van der Waals surface area (Å²) in [4.78, 5) is 2.09. The van der Waals surface area contributed by atoms with Gasteiger partial charge >= 0.3 is 0 Å². The predicted molar refractivity (Wildman–Crippen MR) is 61.5 cm³/mol. The second kappa shape index (κ2) is 4.30. The van der Waals surface area contributed by atoms with Crippen molar-refractivity contribution in [3.05, 3.63) is 34.9 Å². The number of likely N-dealkylation sites (N-methyl/N-ethyl adjacent to an activating group) is 1. The lowest BCUT2D eigenvalue weighted by atomic mass is 9.91. The Balaban J connectivity index is 3.19. The molecule has 0 aliphatic heterocycles. The third-order valence-corrected chi connectivity index (χ3v) is 3.17. The zero-order chi connectivity index (χ0) is 10.8. The molecule has 0 amide bonds. The van der Waals surface area contributed by atoms with E-state index < -0.39 is 0 Å². The van der Waals surface area contributed by atoms with E-state index in [1.807, 2.05) is 38.4 Å². The molecule has 78 valence electrons. The van der Waals surface area contributed by atoms with Gasteiger partial charge in [0, 0.05) is 11.6 Å². The fraction of sp³-hybridized carbons (Fsp3) is 0.455. The lowest BCUT2D eigenvalue weighted by Gasteiger charge is -2.36. The summed E-state index contributed by atoms with van der Waals surface area (Å²) < 4.78 is 0. The molecule has 0 unspecified atom stereocenters. The molecule has 0 fully saturated rings. The topological polar surface area (TPSA) is 29.3 Å². The standard InChI is InChI=1S/C11H17ClN2/c1-11(8-13,14(2)3)9-6-4-5-7-10(9)12/h4-7H,8,13H2,1-3H3/t11-/m1/s1. The van der Waals surface area contributed by atoms with Crippen LogP contribution in [0.25, 0.3) is 0 Å². The van der Waals surface area contributed by atoms with Crippen molar-refractivity contribution in [2.45, 2.75) is 12.5 Å². The molecule has 0 radical (unpaired) electrons. The van der Waals surface area contributed by atoms with Gasteiger partial charge in [-0.05, 0) is 32.6 Å². The highest BCUT2D eigenvalue weighted by Gasteiger charge is 2.29. The highest BCUT2D eigenvalue weighted by atomic mass is 35.5. The fourth-order valence-electron chi connectivity index (χ4n) is 1.43. The molecule has 1 aromatic rings. The third-order valence-electron chi connectivity index (χ3n) is 2.84. The molecule has 0 spiro atoms. The maximum atomic E-state index is 6.15. The summed E-state index contributed by atoms with van der Waals surface area (Å²) in [5.41, 5.74) is 6.69. The molecule has 1 rings (SSSR count). The molecule has 1 atom stereocenters. The van der Waals surface area contributed by atoms with Crippen molar-refractivity contribution in [2.24, 2.45) is 5.73 Å². The fourth-order valence-corrected chi connectivity index (χ4v) is 1.77. The Morgan fingerprint density at radius 3 is 2.36 bits per heavy atom. The highest BCUT2D eigenvalue weighted by molar-refractivity contribution is 6.31. The SMILES string of the molecule is CN(C)[C@](C)(CN)c1ccccc1Cl. The molecular weight excluding hydrogens is 196 g/mol. The van der Waals surface area contributed by atoms with Gasteiger partial charge in [0.1, 0.15) is 0 Å². The van der Waals surface area contributed by atoms with Crippen LogP contribution in [0.5, 0.6) is 0 Å². The van der Waals surface area contributed by atoms with Crippen molar-refractivity contribution in [2.75, 3.05) is 20.6 Å². The van der Waals surface area contributed by atoms with Crippen LogP contribution in [-0.4, -0.2) is 25.5 Å². The van der Waals surface area contributed by atoms with Crippen LogP contribution >= 0.6 is 11.6 Å². The lowest BCUT2D eigenvalue weighted by molar-refractivity contribution is 0.183. The minimum Gasteiger partial charge on any atom is -0.328 e. The molecule has 2 nitrogen and oxygen atoms in total.